The number of anilines is 1. The van der Waals surface area contributed by atoms with Gasteiger partial charge in [0.05, 0.1) is 25.8 Å². The minimum absolute atomic E-state index is 0.136. The lowest BCUT2D eigenvalue weighted by Crippen LogP contribution is -2.48. The zero-order valence-corrected chi connectivity index (χ0v) is 18.6. The fourth-order valence-electron chi connectivity index (χ4n) is 3.76. The van der Waals surface area contributed by atoms with Gasteiger partial charge in [-0.05, 0) is 31.2 Å². The number of halogens is 1. The minimum Gasteiger partial charge on any atom is -0.453 e. The predicted octanol–water partition coefficient (Wildman–Crippen LogP) is 3.80. The van der Waals surface area contributed by atoms with Crippen molar-refractivity contribution in [3.05, 3.63) is 71.0 Å². The van der Waals surface area contributed by atoms with Crippen molar-refractivity contribution in [3.63, 3.8) is 0 Å². The van der Waals surface area contributed by atoms with Crippen molar-refractivity contribution in [2.24, 2.45) is 0 Å². The Bertz CT molecular complexity index is 1510. The van der Waals surface area contributed by atoms with Crippen LogP contribution in [0.5, 0.6) is 0 Å². The van der Waals surface area contributed by atoms with E-state index in [4.69, 9.17) is 11.1 Å². The Kier molecular flexibility index (Phi) is 5.37. The summed E-state index contributed by atoms with van der Waals surface area (Å²) < 4.78 is 26.3. The molecule has 1 aromatic carbocycles. The Labute approximate surface area is 197 Å². The smallest absolute Gasteiger partial charge is 0.409 e. The molecular formula is C23H18FN7O4. The standard InChI is InChI=1S/C23H18FN7O4/c1-12-16(24)6-13(20-28-22(35-29-20)14-10-30(11-14)23(33)34-3)7-17(12)27-21(32)18-9-26-19-8-15(25-2)4-5-31(18)19/h4-9,14H,10-11H2,1,3H3,(H,27,32). The van der Waals surface area contributed by atoms with Gasteiger partial charge >= 0.3 is 6.09 Å². The Morgan fingerprint density at radius 1 is 1.31 bits per heavy atom. The van der Waals surface area contributed by atoms with Crippen LogP contribution in [0.1, 0.15) is 27.9 Å². The third kappa shape index (κ3) is 3.93. The third-order valence-corrected chi connectivity index (χ3v) is 5.81. The quantitative estimate of drug-likeness (QED) is 0.446. The van der Waals surface area contributed by atoms with E-state index in [1.807, 2.05) is 0 Å². The number of nitrogens with one attached hydrogen (secondary N) is 1. The molecule has 5 rings (SSSR count). The van der Waals surface area contributed by atoms with E-state index in [1.165, 1.54) is 24.3 Å². The van der Waals surface area contributed by atoms with Crippen molar-refractivity contribution in [1.82, 2.24) is 24.4 Å². The largest absolute Gasteiger partial charge is 0.453 e. The van der Waals surface area contributed by atoms with E-state index in [0.29, 0.717) is 35.9 Å². The number of carbonyl (C=O) groups is 2. The summed E-state index contributed by atoms with van der Waals surface area (Å²) in [6.07, 6.45) is 2.53. The van der Waals surface area contributed by atoms with E-state index in [2.05, 4.69) is 30.0 Å². The molecule has 35 heavy (non-hydrogen) atoms. The number of amides is 2. The monoisotopic (exact) mass is 475 g/mol. The van der Waals surface area contributed by atoms with Crippen LogP contribution in [0, 0.1) is 19.3 Å². The maximum absolute atomic E-state index is 14.7. The Morgan fingerprint density at radius 2 is 2.11 bits per heavy atom. The van der Waals surface area contributed by atoms with Gasteiger partial charge in [0.25, 0.3) is 5.91 Å². The van der Waals surface area contributed by atoms with E-state index in [0.717, 1.165) is 0 Å². The Morgan fingerprint density at radius 3 is 2.86 bits per heavy atom. The van der Waals surface area contributed by atoms with Crippen LogP contribution in [0.3, 0.4) is 0 Å². The molecule has 0 saturated carbocycles. The molecule has 0 aliphatic carbocycles. The average Bonchev–Trinajstić information content (AvgIpc) is 3.47. The molecular weight excluding hydrogens is 457 g/mol. The van der Waals surface area contributed by atoms with Gasteiger partial charge < -0.3 is 19.5 Å². The summed E-state index contributed by atoms with van der Waals surface area (Å²) in [5, 5.41) is 6.66. The van der Waals surface area contributed by atoms with E-state index in [9.17, 15) is 14.0 Å². The zero-order chi connectivity index (χ0) is 24.7. The number of ether oxygens (including phenoxy) is 1. The van der Waals surface area contributed by atoms with Gasteiger partial charge in [0.1, 0.15) is 17.2 Å². The van der Waals surface area contributed by atoms with E-state index in [-0.39, 0.29) is 28.7 Å². The molecule has 0 radical (unpaired) electrons. The van der Waals surface area contributed by atoms with Gasteiger partial charge in [0.2, 0.25) is 11.7 Å². The van der Waals surface area contributed by atoms with Crippen molar-refractivity contribution in [2.75, 3.05) is 25.5 Å². The Hall–Kier alpha value is -4.79. The van der Waals surface area contributed by atoms with Crippen LogP contribution in [0.25, 0.3) is 21.9 Å². The van der Waals surface area contributed by atoms with Crippen molar-refractivity contribution < 1.29 is 23.2 Å². The van der Waals surface area contributed by atoms with E-state index < -0.39 is 17.8 Å². The van der Waals surface area contributed by atoms with Crippen molar-refractivity contribution >= 4 is 29.0 Å². The van der Waals surface area contributed by atoms with Crippen LogP contribution in [0.2, 0.25) is 0 Å². The molecule has 0 spiro atoms. The number of aromatic nitrogens is 4. The molecule has 1 saturated heterocycles. The molecule has 1 N–H and O–H groups in total. The third-order valence-electron chi connectivity index (χ3n) is 5.81. The molecule has 1 aliphatic heterocycles. The summed E-state index contributed by atoms with van der Waals surface area (Å²) in [5.41, 5.74) is 1.87. The van der Waals surface area contributed by atoms with Crippen LogP contribution in [0.15, 0.2) is 41.2 Å². The number of nitrogens with zero attached hydrogens (tertiary/aromatic N) is 6. The maximum atomic E-state index is 14.7. The number of hydrogen-bond acceptors (Lipinski definition) is 7. The first-order valence-corrected chi connectivity index (χ1v) is 10.5. The first-order valence-electron chi connectivity index (χ1n) is 10.5. The molecule has 0 bridgehead atoms. The number of pyridine rings is 1. The second kappa shape index (κ2) is 8.53. The number of hydrogen-bond donors (Lipinski definition) is 1. The number of methoxy groups -OCH3 is 1. The number of benzene rings is 1. The predicted molar refractivity (Wildman–Crippen MR) is 121 cm³/mol. The second-order valence-electron chi connectivity index (χ2n) is 7.98. The second-order valence-corrected chi connectivity index (χ2v) is 7.98. The highest BCUT2D eigenvalue weighted by Crippen LogP contribution is 2.30. The molecule has 4 aromatic rings. The van der Waals surface area contributed by atoms with Gasteiger partial charge in [0, 0.05) is 36.1 Å². The molecule has 1 fully saturated rings. The van der Waals surface area contributed by atoms with Crippen molar-refractivity contribution in [2.45, 2.75) is 12.8 Å². The minimum atomic E-state index is -0.551. The lowest BCUT2D eigenvalue weighted by molar-refractivity contribution is 0.0804. The van der Waals surface area contributed by atoms with Gasteiger partial charge in [-0.25, -0.2) is 19.0 Å². The zero-order valence-electron chi connectivity index (χ0n) is 18.6. The fourth-order valence-corrected chi connectivity index (χ4v) is 3.76. The highest BCUT2D eigenvalue weighted by molar-refractivity contribution is 6.04. The number of likely N-dealkylation sites (tertiary alicyclic amines) is 1. The summed E-state index contributed by atoms with van der Waals surface area (Å²) >= 11 is 0. The van der Waals surface area contributed by atoms with E-state index in [1.54, 1.807) is 35.7 Å². The molecule has 3 aromatic heterocycles. The maximum Gasteiger partial charge on any atom is 0.409 e. The molecule has 0 atom stereocenters. The van der Waals surface area contributed by atoms with Crippen LogP contribution in [0.4, 0.5) is 20.6 Å². The highest BCUT2D eigenvalue weighted by Gasteiger charge is 2.36. The van der Waals surface area contributed by atoms with Crippen LogP contribution in [-0.2, 0) is 4.74 Å². The molecule has 0 unspecified atom stereocenters. The fraction of sp³-hybridized carbons (Fsp3) is 0.217. The molecule has 11 nitrogen and oxygen atoms in total. The SMILES string of the molecule is [C-]#[N+]c1ccn2c(C(=O)Nc3cc(-c4noc(C5CN(C(=O)OC)C5)n4)cc(F)c3C)cnc2c1. The molecule has 12 heteroatoms. The van der Waals surface area contributed by atoms with Gasteiger partial charge in [-0.15, -0.1) is 0 Å². The average molecular weight is 475 g/mol. The van der Waals surface area contributed by atoms with Crippen LogP contribution >= 0.6 is 0 Å². The Balaban J connectivity index is 1.38. The molecule has 1 aliphatic rings. The van der Waals surface area contributed by atoms with Gasteiger partial charge in [-0.1, -0.05) is 5.16 Å². The van der Waals surface area contributed by atoms with E-state index >= 15 is 0 Å². The number of carbonyl (C=O) groups excluding carboxylic acids is 2. The normalized spacial score (nSPS) is 13.4. The van der Waals surface area contributed by atoms with Gasteiger partial charge in [0.15, 0.2) is 5.69 Å². The number of fused-ring (bicyclic) bond motifs is 1. The van der Waals surface area contributed by atoms with Crippen molar-refractivity contribution in [1.29, 1.82) is 0 Å². The van der Waals surface area contributed by atoms with Crippen LogP contribution < -0.4 is 5.32 Å². The molecule has 4 heterocycles. The molecule has 176 valence electrons. The lowest BCUT2D eigenvalue weighted by atomic mass is 10.0. The highest BCUT2D eigenvalue weighted by atomic mass is 19.1. The lowest BCUT2D eigenvalue weighted by Gasteiger charge is -2.35. The summed E-state index contributed by atoms with van der Waals surface area (Å²) in [4.78, 5) is 37.8. The molecule has 2 amide bonds. The summed E-state index contributed by atoms with van der Waals surface area (Å²) in [5.74, 6) is -0.699. The summed E-state index contributed by atoms with van der Waals surface area (Å²) in [7, 11) is 1.31. The topological polar surface area (TPSA) is 119 Å². The summed E-state index contributed by atoms with van der Waals surface area (Å²) in [6, 6.07) is 5.97. The number of rotatable bonds is 4. The van der Waals surface area contributed by atoms with Crippen LogP contribution in [-0.4, -0.2) is 56.6 Å². The number of imidazole rings is 1. The first kappa shape index (κ1) is 22.0. The van der Waals surface area contributed by atoms with Crippen molar-refractivity contribution in [3.8, 4) is 11.4 Å². The summed E-state index contributed by atoms with van der Waals surface area (Å²) in [6.45, 7) is 9.41. The van der Waals surface area contributed by atoms with Gasteiger partial charge in [-0.2, -0.15) is 4.98 Å². The first-order chi connectivity index (χ1) is 16.9. The van der Waals surface area contributed by atoms with Gasteiger partial charge in [-0.3, -0.25) is 9.20 Å².